The molecule has 20 heavy (non-hydrogen) atoms. The molecule has 0 bridgehead atoms. The zero-order valence-corrected chi connectivity index (χ0v) is 12.0. The summed E-state index contributed by atoms with van der Waals surface area (Å²) in [7, 11) is 0. The molecule has 0 radical (unpaired) electrons. The van der Waals surface area contributed by atoms with E-state index >= 15 is 0 Å². The first-order valence-corrected chi connectivity index (χ1v) is 7.62. The lowest BCUT2D eigenvalue weighted by molar-refractivity contribution is -0.190. The fourth-order valence-corrected chi connectivity index (χ4v) is 4.53. The Bertz CT molecular complexity index is 577. The van der Waals surface area contributed by atoms with E-state index in [-0.39, 0.29) is 11.2 Å². The first-order chi connectivity index (χ1) is 9.64. The molecule has 0 N–H and O–H groups in total. The van der Waals surface area contributed by atoms with E-state index in [1.165, 1.54) is 0 Å². The van der Waals surface area contributed by atoms with Crippen LogP contribution >= 0.6 is 11.6 Å². The van der Waals surface area contributed by atoms with Gasteiger partial charge in [-0.1, -0.05) is 23.7 Å². The number of ketones is 1. The number of carbonyl (C=O) groups excluding carboxylic acids is 1. The van der Waals surface area contributed by atoms with Gasteiger partial charge >= 0.3 is 0 Å². The van der Waals surface area contributed by atoms with Crippen LogP contribution in [0.25, 0.3) is 0 Å². The first-order valence-electron chi connectivity index (χ1n) is 7.24. The third-order valence-electron chi connectivity index (χ3n) is 5.00. The van der Waals surface area contributed by atoms with Gasteiger partial charge in [0.25, 0.3) is 0 Å². The Morgan fingerprint density at radius 1 is 1.15 bits per heavy atom. The SMILES string of the molecule is O=C1C[C@]2(CCCC3(C2)OCCO3)c2cccc(Cl)c21. The molecule has 1 aliphatic heterocycles. The van der Waals surface area contributed by atoms with Crippen molar-refractivity contribution in [3.63, 3.8) is 0 Å². The molecule has 1 aromatic rings. The second kappa shape index (κ2) is 4.30. The molecular weight excluding hydrogens is 276 g/mol. The van der Waals surface area contributed by atoms with Crippen LogP contribution in [0.1, 0.15) is 48.0 Å². The second-order valence-electron chi connectivity index (χ2n) is 6.18. The second-order valence-corrected chi connectivity index (χ2v) is 6.59. The van der Waals surface area contributed by atoms with E-state index in [4.69, 9.17) is 21.1 Å². The number of hydrogen-bond donors (Lipinski definition) is 0. The van der Waals surface area contributed by atoms with Gasteiger partial charge in [-0.25, -0.2) is 0 Å². The van der Waals surface area contributed by atoms with Gasteiger partial charge < -0.3 is 9.47 Å². The monoisotopic (exact) mass is 292 g/mol. The molecule has 2 spiro atoms. The molecule has 1 aromatic carbocycles. The molecule has 106 valence electrons. The molecule has 3 aliphatic rings. The maximum Gasteiger partial charge on any atom is 0.169 e. The summed E-state index contributed by atoms with van der Waals surface area (Å²) in [4.78, 5) is 12.4. The van der Waals surface area contributed by atoms with E-state index in [1.54, 1.807) is 6.07 Å². The van der Waals surface area contributed by atoms with Crippen molar-refractivity contribution in [3.05, 3.63) is 34.3 Å². The maximum absolute atomic E-state index is 12.4. The van der Waals surface area contributed by atoms with Crippen molar-refractivity contribution < 1.29 is 14.3 Å². The predicted molar refractivity (Wildman–Crippen MR) is 75.2 cm³/mol. The summed E-state index contributed by atoms with van der Waals surface area (Å²) in [6.45, 7) is 1.32. The van der Waals surface area contributed by atoms with Crippen molar-refractivity contribution >= 4 is 17.4 Å². The average molecular weight is 293 g/mol. The lowest BCUT2D eigenvalue weighted by Gasteiger charge is -2.43. The smallest absolute Gasteiger partial charge is 0.169 e. The topological polar surface area (TPSA) is 35.5 Å². The molecule has 3 nitrogen and oxygen atoms in total. The van der Waals surface area contributed by atoms with Crippen molar-refractivity contribution in [2.24, 2.45) is 0 Å². The average Bonchev–Trinajstić information content (AvgIpc) is 2.95. The van der Waals surface area contributed by atoms with Crippen molar-refractivity contribution in [2.45, 2.75) is 43.3 Å². The van der Waals surface area contributed by atoms with Crippen LogP contribution in [-0.4, -0.2) is 24.8 Å². The highest BCUT2D eigenvalue weighted by atomic mass is 35.5. The number of hydrogen-bond acceptors (Lipinski definition) is 3. The minimum atomic E-state index is -0.470. The molecule has 0 aromatic heterocycles. The molecule has 1 saturated carbocycles. The quantitative estimate of drug-likeness (QED) is 0.734. The summed E-state index contributed by atoms with van der Waals surface area (Å²) in [5.74, 6) is -0.303. The van der Waals surface area contributed by atoms with Gasteiger partial charge in [0.1, 0.15) is 0 Å². The zero-order chi connectivity index (χ0) is 13.8. The van der Waals surface area contributed by atoms with Gasteiger partial charge in [-0.2, -0.15) is 0 Å². The van der Waals surface area contributed by atoms with Crippen molar-refractivity contribution in [1.82, 2.24) is 0 Å². The summed E-state index contributed by atoms with van der Waals surface area (Å²) in [5.41, 5.74) is 1.69. The lowest BCUT2D eigenvalue weighted by atomic mass is 9.68. The molecule has 4 rings (SSSR count). The Kier molecular flexibility index (Phi) is 2.75. The maximum atomic E-state index is 12.4. The highest BCUT2D eigenvalue weighted by Crippen LogP contribution is 2.54. The van der Waals surface area contributed by atoms with Gasteiger partial charge in [0.15, 0.2) is 11.6 Å². The number of ether oxygens (including phenoxy) is 2. The van der Waals surface area contributed by atoms with Crippen molar-refractivity contribution in [1.29, 1.82) is 0 Å². The van der Waals surface area contributed by atoms with E-state index in [9.17, 15) is 4.79 Å². The summed E-state index contributed by atoms with van der Waals surface area (Å²) < 4.78 is 11.8. The van der Waals surface area contributed by atoms with Crippen LogP contribution in [-0.2, 0) is 14.9 Å². The first kappa shape index (κ1) is 12.8. The Labute approximate surface area is 123 Å². The van der Waals surface area contributed by atoms with Crippen LogP contribution in [0, 0.1) is 0 Å². The normalized spacial score (nSPS) is 31.1. The Balaban J connectivity index is 1.79. The number of carbonyl (C=O) groups is 1. The lowest BCUT2D eigenvalue weighted by Crippen LogP contribution is -2.44. The van der Waals surface area contributed by atoms with Gasteiger partial charge in [-0.15, -0.1) is 0 Å². The van der Waals surface area contributed by atoms with E-state index in [1.807, 2.05) is 6.07 Å². The largest absolute Gasteiger partial charge is 0.348 e. The van der Waals surface area contributed by atoms with Gasteiger partial charge in [0.2, 0.25) is 0 Å². The molecule has 1 atom stereocenters. The fraction of sp³-hybridized carbons (Fsp3) is 0.562. The molecular formula is C16H17ClO3. The Morgan fingerprint density at radius 3 is 2.75 bits per heavy atom. The van der Waals surface area contributed by atoms with Crippen molar-refractivity contribution in [2.75, 3.05) is 13.2 Å². The summed E-state index contributed by atoms with van der Waals surface area (Å²) >= 11 is 6.23. The number of rotatable bonds is 0. The highest BCUT2D eigenvalue weighted by Gasteiger charge is 2.53. The molecule has 0 unspecified atom stereocenters. The summed E-state index contributed by atoms with van der Waals surface area (Å²) in [5, 5.41) is 0.581. The molecule has 2 fully saturated rings. The van der Waals surface area contributed by atoms with Crippen LogP contribution in [0.5, 0.6) is 0 Å². The van der Waals surface area contributed by atoms with Crippen LogP contribution in [0.4, 0.5) is 0 Å². The minimum absolute atomic E-state index is 0.139. The molecule has 4 heteroatoms. The van der Waals surface area contributed by atoms with E-state index in [0.717, 1.165) is 36.8 Å². The number of Topliss-reactive ketones (excluding diaryl/α,β-unsaturated/α-hetero) is 1. The zero-order valence-electron chi connectivity index (χ0n) is 11.3. The van der Waals surface area contributed by atoms with Crippen LogP contribution in [0.15, 0.2) is 18.2 Å². The van der Waals surface area contributed by atoms with Crippen LogP contribution in [0.3, 0.4) is 0 Å². The standard InChI is InChI=1S/C16H17ClO3/c17-12-4-1-3-11-14(12)13(18)9-15(11)5-2-6-16(10-15)19-7-8-20-16/h1,3-4H,2,5-10H2/t15-/m0/s1. The number of benzene rings is 1. The Morgan fingerprint density at radius 2 is 1.95 bits per heavy atom. The third kappa shape index (κ3) is 1.70. The van der Waals surface area contributed by atoms with Gasteiger partial charge in [-0.05, 0) is 24.5 Å². The van der Waals surface area contributed by atoms with Gasteiger partial charge in [0, 0.05) is 30.2 Å². The highest BCUT2D eigenvalue weighted by molar-refractivity contribution is 6.34. The van der Waals surface area contributed by atoms with E-state index in [2.05, 4.69) is 6.07 Å². The summed E-state index contributed by atoms with van der Waals surface area (Å²) in [6.07, 6.45) is 4.29. The molecule has 2 aliphatic carbocycles. The van der Waals surface area contributed by atoms with Gasteiger partial charge in [0.05, 0.1) is 18.2 Å². The van der Waals surface area contributed by atoms with Crippen LogP contribution < -0.4 is 0 Å². The number of fused-ring (bicyclic) bond motifs is 2. The molecule has 0 amide bonds. The number of halogens is 1. The van der Waals surface area contributed by atoms with E-state index < -0.39 is 5.79 Å². The minimum Gasteiger partial charge on any atom is -0.348 e. The van der Waals surface area contributed by atoms with E-state index in [0.29, 0.717) is 24.7 Å². The van der Waals surface area contributed by atoms with Crippen molar-refractivity contribution in [3.8, 4) is 0 Å². The third-order valence-corrected chi connectivity index (χ3v) is 5.31. The fourth-order valence-electron chi connectivity index (χ4n) is 4.25. The predicted octanol–water partition coefficient (Wildman–Crippen LogP) is 3.48. The summed E-state index contributed by atoms with van der Waals surface area (Å²) in [6, 6.07) is 5.80. The Hall–Kier alpha value is -0.900. The molecule has 1 heterocycles. The molecule has 1 saturated heterocycles. The van der Waals surface area contributed by atoms with Gasteiger partial charge in [-0.3, -0.25) is 4.79 Å². The van der Waals surface area contributed by atoms with Crippen LogP contribution in [0.2, 0.25) is 5.02 Å².